The van der Waals surface area contributed by atoms with E-state index >= 15 is 0 Å². The van der Waals surface area contributed by atoms with E-state index < -0.39 is 0 Å². The number of nitrogens with zero attached hydrogens (tertiary/aromatic N) is 3. The summed E-state index contributed by atoms with van der Waals surface area (Å²) in [6, 6.07) is 6.06. The highest BCUT2D eigenvalue weighted by molar-refractivity contribution is 5.99. The van der Waals surface area contributed by atoms with Gasteiger partial charge in [0.1, 0.15) is 6.04 Å². The maximum Gasteiger partial charge on any atom is 0.247 e. The molecule has 0 spiro atoms. The molecule has 6 nitrogen and oxygen atoms in total. The number of likely N-dealkylation sites (tertiary alicyclic amines) is 1. The number of anilines is 2. The topological polar surface area (TPSA) is 55.9 Å². The lowest BCUT2D eigenvalue weighted by molar-refractivity contribution is -0.160. The Kier molecular flexibility index (Phi) is 6.06. The Balaban J connectivity index is 1.12. The first kappa shape index (κ1) is 23.3. The van der Waals surface area contributed by atoms with Gasteiger partial charge in [-0.3, -0.25) is 9.59 Å². The fourth-order valence-corrected chi connectivity index (χ4v) is 8.48. The van der Waals surface area contributed by atoms with Crippen LogP contribution in [0.4, 0.5) is 11.4 Å². The molecule has 0 aromatic heterocycles. The van der Waals surface area contributed by atoms with E-state index in [1.165, 1.54) is 24.9 Å². The monoisotopic (exact) mass is 478 g/mol. The van der Waals surface area contributed by atoms with E-state index in [2.05, 4.69) is 47.2 Å². The maximum absolute atomic E-state index is 13.9. The summed E-state index contributed by atoms with van der Waals surface area (Å²) in [7, 11) is 0. The Morgan fingerprint density at radius 3 is 2.23 bits per heavy atom. The van der Waals surface area contributed by atoms with E-state index in [-0.39, 0.29) is 17.4 Å². The van der Waals surface area contributed by atoms with Crippen molar-refractivity contribution in [3.05, 3.63) is 23.8 Å². The van der Waals surface area contributed by atoms with Crippen molar-refractivity contribution in [2.24, 2.45) is 23.2 Å². The normalized spacial score (nSPS) is 34.5. The van der Waals surface area contributed by atoms with Crippen LogP contribution in [0.5, 0.6) is 0 Å². The molecule has 4 aliphatic carbocycles. The lowest BCUT2D eigenvalue weighted by Crippen LogP contribution is -2.56. The van der Waals surface area contributed by atoms with Gasteiger partial charge in [-0.25, -0.2) is 0 Å². The Morgan fingerprint density at radius 1 is 0.971 bits per heavy atom. The third-order valence-corrected chi connectivity index (χ3v) is 9.96. The summed E-state index contributed by atoms with van der Waals surface area (Å²) in [5.74, 6) is 2.52. The van der Waals surface area contributed by atoms with Crippen LogP contribution in [0.2, 0.25) is 0 Å². The number of aryl methyl sites for hydroxylation is 1. The first-order valence-corrected chi connectivity index (χ1v) is 14.1. The number of benzene rings is 1. The van der Waals surface area contributed by atoms with Crippen molar-refractivity contribution in [2.45, 2.75) is 71.3 Å². The van der Waals surface area contributed by atoms with E-state index in [9.17, 15) is 9.59 Å². The minimum absolute atomic E-state index is 0.00649. The van der Waals surface area contributed by atoms with Crippen LogP contribution < -0.4 is 10.2 Å². The molecule has 2 aliphatic heterocycles. The van der Waals surface area contributed by atoms with Crippen LogP contribution in [0.1, 0.15) is 63.9 Å². The molecule has 6 aliphatic rings. The average molecular weight is 479 g/mol. The number of carbonyl (C=O) groups is 2. The lowest BCUT2D eigenvalue weighted by Gasteiger charge is -2.56. The molecule has 0 radical (unpaired) electrons. The minimum atomic E-state index is -0.322. The molecule has 6 fully saturated rings. The number of nitrogens with one attached hydrogen (secondary N) is 1. The molecule has 4 saturated carbocycles. The maximum atomic E-state index is 13.9. The second-order valence-electron chi connectivity index (χ2n) is 12.3. The second kappa shape index (κ2) is 9.10. The first-order valence-electron chi connectivity index (χ1n) is 14.1. The summed E-state index contributed by atoms with van der Waals surface area (Å²) in [4.78, 5) is 34.3. The van der Waals surface area contributed by atoms with Gasteiger partial charge in [0.15, 0.2) is 0 Å². The third-order valence-electron chi connectivity index (χ3n) is 9.96. The standard InChI is InChI=1S/C29H42N4O2/c1-3-31-9-11-32(12-10-31)24-6-7-25(20(2)13-24)30-27(34)26-5-4-8-33(26)28(35)29-17-21-14-22(18-29)16-23(15-21)19-29/h6-7,13,21-23,26H,3-5,8-12,14-19H2,1-2H3,(H,30,34). The third kappa shape index (κ3) is 4.26. The van der Waals surface area contributed by atoms with E-state index in [0.29, 0.717) is 5.91 Å². The fraction of sp³-hybridized carbons (Fsp3) is 0.724. The number of amides is 2. The summed E-state index contributed by atoms with van der Waals surface area (Å²) in [6.07, 6.45) is 8.90. The average Bonchev–Trinajstić information content (AvgIpc) is 3.34. The van der Waals surface area contributed by atoms with Crippen molar-refractivity contribution in [1.82, 2.24) is 9.80 Å². The molecule has 2 amide bonds. The molecule has 4 bridgehead atoms. The van der Waals surface area contributed by atoms with Gasteiger partial charge >= 0.3 is 0 Å². The van der Waals surface area contributed by atoms with Gasteiger partial charge in [0.2, 0.25) is 11.8 Å². The van der Waals surface area contributed by atoms with Crippen LogP contribution in [0.15, 0.2) is 18.2 Å². The summed E-state index contributed by atoms with van der Waals surface area (Å²) >= 11 is 0. The van der Waals surface area contributed by atoms with Gasteiger partial charge in [0, 0.05) is 44.1 Å². The largest absolute Gasteiger partial charge is 0.369 e. The van der Waals surface area contributed by atoms with Crippen molar-refractivity contribution in [3.63, 3.8) is 0 Å². The molecule has 1 aromatic carbocycles. The van der Waals surface area contributed by atoms with Gasteiger partial charge in [-0.1, -0.05) is 6.92 Å². The minimum Gasteiger partial charge on any atom is -0.369 e. The highest BCUT2D eigenvalue weighted by atomic mass is 16.2. The molecule has 1 N–H and O–H groups in total. The number of likely N-dealkylation sites (N-methyl/N-ethyl adjacent to an activating group) is 1. The number of rotatable bonds is 5. The molecule has 2 saturated heterocycles. The highest BCUT2D eigenvalue weighted by Gasteiger charge is 2.56. The predicted molar refractivity (Wildman–Crippen MR) is 139 cm³/mol. The van der Waals surface area contributed by atoms with Crippen molar-refractivity contribution in [3.8, 4) is 0 Å². The van der Waals surface area contributed by atoms with Crippen LogP contribution in [-0.4, -0.2) is 66.9 Å². The SMILES string of the molecule is CCN1CCN(c2ccc(NC(=O)C3CCCN3C(=O)C34CC5CC(CC(C5)C3)C4)c(C)c2)CC1. The molecule has 1 aromatic rings. The molecular formula is C29H42N4O2. The Labute approximate surface area is 210 Å². The zero-order chi connectivity index (χ0) is 24.2. The van der Waals surface area contributed by atoms with Gasteiger partial charge in [-0.15, -0.1) is 0 Å². The van der Waals surface area contributed by atoms with Gasteiger partial charge in [-0.2, -0.15) is 0 Å². The molecule has 6 heteroatoms. The van der Waals surface area contributed by atoms with Crippen molar-refractivity contribution >= 4 is 23.2 Å². The molecule has 7 rings (SSSR count). The quantitative estimate of drug-likeness (QED) is 0.686. The summed E-state index contributed by atoms with van der Waals surface area (Å²) < 4.78 is 0. The van der Waals surface area contributed by atoms with Crippen LogP contribution in [0.3, 0.4) is 0 Å². The summed E-state index contributed by atoms with van der Waals surface area (Å²) in [5.41, 5.74) is 3.03. The van der Waals surface area contributed by atoms with Crippen LogP contribution in [0.25, 0.3) is 0 Å². The number of hydrogen-bond donors (Lipinski definition) is 1. The molecular weight excluding hydrogens is 436 g/mol. The van der Waals surface area contributed by atoms with Crippen LogP contribution in [0, 0.1) is 30.1 Å². The summed E-state index contributed by atoms with van der Waals surface area (Å²) in [6.45, 7) is 10.4. The number of hydrogen-bond acceptors (Lipinski definition) is 4. The number of piperazine rings is 1. The second-order valence-corrected chi connectivity index (χ2v) is 12.3. The smallest absolute Gasteiger partial charge is 0.247 e. The van der Waals surface area contributed by atoms with Crippen LogP contribution in [-0.2, 0) is 9.59 Å². The van der Waals surface area contributed by atoms with Gasteiger partial charge < -0.3 is 20.0 Å². The molecule has 2 heterocycles. The van der Waals surface area contributed by atoms with Crippen LogP contribution >= 0.6 is 0 Å². The van der Waals surface area contributed by atoms with E-state index in [1.54, 1.807) is 0 Å². The number of carbonyl (C=O) groups excluding carboxylic acids is 2. The Hall–Kier alpha value is -2.08. The van der Waals surface area contributed by atoms with E-state index in [4.69, 9.17) is 0 Å². The van der Waals surface area contributed by atoms with E-state index in [0.717, 1.165) is 100 Å². The zero-order valence-corrected chi connectivity index (χ0v) is 21.6. The molecule has 1 atom stereocenters. The van der Waals surface area contributed by atoms with Crippen molar-refractivity contribution in [1.29, 1.82) is 0 Å². The lowest BCUT2D eigenvalue weighted by atomic mass is 9.49. The first-order chi connectivity index (χ1) is 16.9. The molecule has 1 unspecified atom stereocenters. The van der Waals surface area contributed by atoms with Gasteiger partial charge in [0.25, 0.3) is 0 Å². The fourth-order valence-electron chi connectivity index (χ4n) is 8.48. The molecule has 190 valence electrons. The highest BCUT2D eigenvalue weighted by Crippen LogP contribution is 2.60. The molecule has 35 heavy (non-hydrogen) atoms. The predicted octanol–water partition coefficient (Wildman–Crippen LogP) is 4.28. The van der Waals surface area contributed by atoms with Crippen molar-refractivity contribution in [2.75, 3.05) is 49.5 Å². The summed E-state index contributed by atoms with van der Waals surface area (Å²) in [5, 5.41) is 3.20. The Morgan fingerprint density at radius 2 is 1.63 bits per heavy atom. The Bertz CT molecular complexity index is 948. The van der Waals surface area contributed by atoms with Gasteiger partial charge in [0.05, 0.1) is 5.41 Å². The zero-order valence-electron chi connectivity index (χ0n) is 21.6. The van der Waals surface area contributed by atoms with Crippen molar-refractivity contribution < 1.29 is 9.59 Å². The van der Waals surface area contributed by atoms with E-state index in [1.807, 2.05) is 4.90 Å². The van der Waals surface area contributed by atoms with Gasteiger partial charge in [-0.05, 0) is 106 Å².